The second-order valence-electron chi connectivity index (χ2n) is 6.94. The summed E-state index contributed by atoms with van der Waals surface area (Å²) in [7, 11) is 1.71. The Morgan fingerprint density at radius 1 is 1.29 bits per heavy atom. The fraction of sp³-hybridized carbons (Fsp3) is 0.632. The van der Waals surface area contributed by atoms with Gasteiger partial charge in [-0.3, -0.25) is 0 Å². The number of carbonyl (C=O) groups is 1. The Morgan fingerprint density at radius 2 is 1.96 bits per heavy atom. The number of hydrogen-bond acceptors (Lipinski definition) is 3. The number of aliphatic hydroxyl groups is 1. The van der Waals surface area contributed by atoms with E-state index in [-0.39, 0.29) is 25.2 Å². The fourth-order valence-electron chi connectivity index (χ4n) is 3.03. The number of hydrogen-bond donors (Lipinski definition) is 2. The second kappa shape index (κ2) is 9.64. The number of likely N-dealkylation sites (N-methyl/N-ethyl adjacent to an activating group) is 1. The Hall–Kier alpha value is -1.59. The third-order valence-corrected chi connectivity index (χ3v) is 4.60. The first-order chi connectivity index (χ1) is 11.5. The maximum atomic E-state index is 12.2. The van der Waals surface area contributed by atoms with E-state index in [0.717, 1.165) is 24.3 Å². The first-order valence-electron chi connectivity index (χ1n) is 8.86. The van der Waals surface area contributed by atoms with Gasteiger partial charge in [0.15, 0.2) is 0 Å². The normalized spacial score (nSPS) is 22.0. The van der Waals surface area contributed by atoms with Crippen LogP contribution in [0, 0.1) is 5.92 Å². The zero-order valence-corrected chi connectivity index (χ0v) is 14.8. The van der Waals surface area contributed by atoms with Gasteiger partial charge < -0.3 is 20.1 Å². The molecule has 1 unspecified atom stereocenters. The molecule has 2 N–H and O–H groups in total. The summed E-state index contributed by atoms with van der Waals surface area (Å²) in [6.45, 7) is 3.21. The van der Waals surface area contributed by atoms with Crippen molar-refractivity contribution in [2.45, 2.75) is 51.4 Å². The molecule has 1 fully saturated rings. The van der Waals surface area contributed by atoms with Crippen LogP contribution in [0.15, 0.2) is 30.3 Å². The molecular weight excluding hydrogens is 304 g/mol. The zero-order chi connectivity index (χ0) is 17.4. The average molecular weight is 334 g/mol. The SMILES string of the molecule is CC1CCC(NC(=O)N(C)CC(O)COCc2ccccc2)CC1. The molecule has 5 heteroatoms. The molecule has 1 atom stereocenters. The van der Waals surface area contributed by atoms with Crippen molar-refractivity contribution >= 4 is 6.03 Å². The van der Waals surface area contributed by atoms with Crippen molar-refractivity contribution in [3.63, 3.8) is 0 Å². The summed E-state index contributed by atoms with van der Waals surface area (Å²) in [5.41, 5.74) is 1.07. The standard InChI is InChI=1S/C19H30N2O3/c1-15-8-10-17(11-9-15)20-19(23)21(2)12-18(22)14-24-13-16-6-4-3-5-7-16/h3-7,15,17-18,22H,8-14H2,1-2H3,(H,20,23). The van der Waals surface area contributed by atoms with E-state index in [9.17, 15) is 9.90 Å². The highest BCUT2D eigenvalue weighted by Gasteiger charge is 2.22. The lowest BCUT2D eigenvalue weighted by atomic mass is 9.87. The maximum absolute atomic E-state index is 12.2. The van der Waals surface area contributed by atoms with Gasteiger partial charge >= 0.3 is 6.03 Å². The van der Waals surface area contributed by atoms with Crippen molar-refractivity contribution in [2.24, 2.45) is 5.92 Å². The predicted molar refractivity (Wildman–Crippen MR) is 94.7 cm³/mol. The van der Waals surface area contributed by atoms with E-state index < -0.39 is 6.10 Å². The molecule has 0 saturated heterocycles. The van der Waals surface area contributed by atoms with E-state index in [0.29, 0.717) is 6.61 Å². The minimum atomic E-state index is -0.684. The molecule has 1 aliphatic carbocycles. The molecule has 0 heterocycles. The van der Waals surface area contributed by atoms with Gasteiger partial charge in [-0.25, -0.2) is 4.79 Å². The lowest BCUT2D eigenvalue weighted by Gasteiger charge is -2.29. The molecule has 1 aliphatic rings. The van der Waals surface area contributed by atoms with E-state index in [4.69, 9.17) is 4.74 Å². The number of rotatable bonds is 7. The van der Waals surface area contributed by atoms with Crippen LogP contribution in [0.5, 0.6) is 0 Å². The topological polar surface area (TPSA) is 61.8 Å². The molecule has 0 radical (unpaired) electrons. The van der Waals surface area contributed by atoms with E-state index in [1.165, 1.54) is 17.7 Å². The van der Waals surface area contributed by atoms with Gasteiger partial charge in [0, 0.05) is 13.1 Å². The first kappa shape index (κ1) is 18.7. The summed E-state index contributed by atoms with van der Waals surface area (Å²) in [4.78, 5) is 13.7. The number of urea groups is 1. The number of amides is 2. The van der Waals surface area contributed by atoms with Crippen molar-refractivity contribution in [1.29, 1.82) is 0 Å². The highest BCUT2D eigenvalue weighted by molar-refractivity contribution is 5.74. The van der Waals surface area contributed by atoms with Crippen molar-refractivity contribution in [1.82, 2.24) is 10.2 Å². The Labute approximate surface area is 145 Å². The lowest BCUT2D eigenvalue weighted by molar-refractivity contribution is 0.0179. The molecule has 134 valence electrons. The van der Waals surface area contributed by atoms with Gasteiger partial charge in [-0.2, -0.15) is 0 Å². The molecule has 24 heavy (non-hydrogen) atoms. The molecule has 0 aliphatic heterocycles. The van der Waals surface area contributed by atoms with Gasteiger partial charge in [0.25, 0.3) is 0 Å². The van der Waals surface area contributed by atoms with Crippen LogP contribution in [0.2, 0.25) is 0 Å². The molecule has 1 saturated carbocycles. The lowest BCUT2D eigenvalue weighted by Crippen LogP contribution is -2.47. The van der Waals surface area contributed by atoms with Gasteiger partial charge in [-0.1, -0.05) is 37.3 Å². The highest BCUT2D eigenvalue weighted by atomic mass is 16.5. The van der Waals surface area contributed by atoms with Crippen LogP contribution in [0.25, 0.3) is 0 Å². The third-order valence-electron chi connectivity index (χ3n) is 4.60. The second-order valence-corrected chi connectivity index (χ2v) is 6.94. The molecule has 0 aromatic heterocycles. The predicted octanol–water partition coefficient (Wildman–Crippen LogP) is 2.78. The quantitative estimate of drug-likeness (QED) is 0.806. The van der Waals surface area contributed by atoms with Crippen LogP contribution >= 0.6 is 0 Å². The molecular formula is C19H30N2O3. The Kier molecular flexibility index (Phi) is 7.53. The molecule has 2 rings (SSSR count). The first-order valence-corrected chi connectivity index (χ1v) is 8.86. The van der Waals surface area contributed by atoms with Gasteiger partial charge in [-0.05, 0) is 37.2 Å². The number of benzene rings is 1. The summed E-state index contributed by atoms with van der Waals surface area (Å²) in [6.07, 6.45) is 3.75. The summed E-state index contributed by atoms with van der Waals surface area (Å²) < 4.78 is 5.52. The Morgan fingerprint density at radius 3 is 2.62 bits per heavy atom. The number of ether oxygens (including phenoxy) is 1. The molecule has 1 aromatic carbocycles. The van der Waals surface area contributed by atoms with Crippen LogP contribution in [0.3, 0.4) is 0 Å². The number of nitrogens with one attached hydrogen (secondary N) is 1. The maximum Gasteiger partial charge on any atom is 0.317 e. The zero-order valence-electron chi connectivity index (χ0n) is 14.8. The molecule has 0 bridgehead atoms. The van der Waals surface area contributed by atoms with Crippen molar-refractivity contribution < 1.29 is 14.6 Å². The molecule has 5 nitrogen and oxygen atoms in total. The number of aliphatic hydroxyl groups excluding tert-OH is 1. The van der Waals surface area contributed by atoms with Crippen LogP contribution in [-0.4, -0.2) is 48.4 Å². The van der Waals surface area contributed by atoms with Gasteiger partial charge in [0.2, 0.25) is 0 Å². The average Bonchev–Trinajstić information content (AvgIpc) is 2.58. The third kappa shape index (κ3) is 6.49. The van der Waals surface area contributed by atoms with Crippen LogP contribution < -0.4 is 5.32 Å². The molecule has 1 aromatic rings. The Balaban J connectivity index is 1.63. The van der Waals surface area contributed by atoms with E-state index in [1.54, 1.807) is 7.05 Å². The van der Waals surface area contributed by atoms with Gasteiger partial charge in [-0.15, -0.1) is 0 Å². The van der Waals surface area contributed by atoms with Gasteiger partial charge in [0.1, 0.15) is 0 Å². The van der Waals surface area contributed by atoms with Crippen LogP contribution in [0.1, 0.15) is 38.2 Å². The van der Waals surface area contributed by atoms with E-state index >= 15 is 0 Å². The minimum absolute atomic E-state index is 0.114. The van der Waals surface area contributed by atoms with E-state index in [2.05, 4.69) is 12.2 Å². The van der Waals surface area contributed by atoms with Crippen LogP contribution in [0.4, 0.5) is 4.79 Å². The molecule has 2 amide bonds. The molecule has 0 spiro atoms. The summed E-state index contributed by atoms with van der Waals surface area (Å²) in [5, 5.41) is 13.1. The highest BCUT2D eigenvalue weighted by Crippen LogP contribution is 2.23. The van der Waals surface area contributed by atoms with Crippen molar-refractivity contribution in [3.05, 3.63) is 35.9 Å². The fourth-order valence-corrected chi connectivity index (χ4v) is 3.03. The van der Waals surface area contributed by atoms with Crippen molar-refractivity contribution in [2.75, 3.05) is 20.2 Å². The summed E-state index contributed by atoms with van der Waals surface area (Å²) in [5.74, 6) is 0.763. The van der Waals surface area contributed by atoms with Gasteiger partial charge in [0.05, 0.1) is 25.9 Å². The van der Waals surface area contributed by atoms with Crippen LogP contribution in [-0.2, 0) is 11.3 Å². The summed E-state index contributed by atoms with van der Waals surface area (Å²) in [6, 6.07) is 9.99. The number of carbonyl (C=O) groups excluding carboxylic acids is 1. The minimum Gasteiger partial charge on any atom is -0.389 e. The monoisotopic (exact) mass is 334 g/mol. The largest absolute Gasteiger partial charge is 0.389 e. The Bertz CT molecular complexity index is 487. The van der Waals surface area contributed by atoms with E-state index in [1.807, 2.05) is 30.3 Å². The number of nitrogens with zero attached hydrogens (tertiary/aromatic N) is 1. The summed E-state index contributed by atoms with van der Waals surface area (Å²) >= 11 is 0. The smallest absolute Gasteiger partial charge is 0.317 e. The van der Waals surface area contributed by atoms with Crippen molar-refractivity contribution in [3.8, 4) is 0 Å².